The number of ether oxygens (including phenoxy) is 3. The minimum atomic E-state index is -0.0544. The Balaban J connectivity index is 1.70. The first-order valence-corrected chi connectivity index (χ1v) is 8.82. The van der Waals surface area contributed by atoms with Crippen LogP contribution in [0.25, 0.3) is 6.08 Å². The van der Waals surface area contributed by atoms with Crippen molar-refractivity contribution < 1.29 is 19.0 Å². The molecular weight excluding hydrogens is 328 g/mol. The summed E-state index contributed by atoms with van der Waals surface area (Å²) in [6.07, 6.45) is 3.36. The first kappa shape index (κ1) is 18.1. The second-order valence-corrected chi connectivity index (χ2v) is 7.10. The van der Waals surface area contributed by atoms with Crippen molar-refractivity contribution in [2.45, 2.75) is 20.8 Å². The summed E-state index contributed by atoms with van der Waals surface area (Å²) in [7, 11) is 0. The number of hydrogen-bond donors (Lipinski definition) is 0. The molecule has 0 aromatic heterocycles. The van der Waals surface area contributed by atoms with E-state index in [4.69, 9.17) is 14.2 Å². The van der Waals surface area contributed by atoms with Gasteiger partial charge in [-0.25, -0.2) is 0 Å². The monoisotopic (exact) mass is 352 g/mol. The van der Waals surface area contributed by atoms with E-state index in [9.17, 15) is 4.79 Å². The Kier molecular flexibility index (Phi) is 5.31. The molecule has 4 heteroatoms. The van der Waals surface area contributed by atoms with E-state index >= 15 is 0 Å². The van der Waals surface area contributed by atoms with Gasteiger partial charge >= 0.3 is 0 Å². The van der Waals surface area contributed by atoms with Crippen LogP contribution in [0.5, 0.6) is 17.2 Å². The van der Waals surface area contributed by atoms with Crippen molar-refractivity contribution in [2.75, 3.05) is 19.8 Å². The van der Waals surface area contributed by atoms with E-state index in [2.05, 4.69) is 13.8 Å². The molecule has 4 nitrogen and oxygen atoms in total. The molecule has 0 saturated heterocycles. The Bertz CT molecular complexity index is 803. The molecule has 1 aliphatic rings. The molecule has 0 N–H and O–H groups in total. The van der Waals surface area contributed by atoms with Crippen LogP contribution in [0.2, 0.25) is 0 Å². The van der Waals surface area contributed by atoms with Crippen LogP contribution < -0.4 is 14.2 Å². The Hall–Kier alpha value is -2.75. The predicted molar refractivity (Wildman–Crippen MR) is 102 cm³/mol. The van der Waals surface area contributed by atoms with Crippen LogP contribution in [-0.4, -0.2) is 25.6 Å². The van der Waals surface area contributed by atoms with Crippen molar-refractivity contribution in [3.8, 4) is 17.2 Å². The van der Waals surface area contributed by atoms with Crippen molar-refractivity contribution in [3.05, 3.63) is 59.7 Å². The maximum Gasteiger partial charge on any atom is 0.185 e. The lowest BCUT2D eigenvalue weighted by atomic mass is 9.97. The van der Waals surface area contributed by atoms with Crippen LogP contribution in [0.1, 0.15) is 36.7 Å². The third-order valence-corrected chi connectivity index (χ3v) is 4.08. The van der Waals surface area contributed by atoms with Crippen LogP contribution in [0.15, 0.2) is 48.5 Å². The first-order valence-electron chi connectivity index (χ1n) is 8.82. The van der Waals surface area contributed by atoms with Crippen molar-refractivity contribution in [2.24, 2.45) is 5.41 Å². The van der Waals surface area contributed by atoms with Crippen LogP contribution in [-0.2, 0) is 0 Å². The lowest BCUT2D eigenvalue weighted by Crippen LogP contribution is -2.26. The minimum absolute atomic E-state index is 0.0291. The van der Waals surface area contributed by atoms with E-state index in [1.165, 1.54) is 0 Å². The molecule has 0 fully saturated rings. The third-order valence-electron chi connectivity index (χ3n) is 4.08. The molecule has 2 aromatic rings. The highest BCUT2D eigenvalue weighted by atomic mass is 16.5. The van der Waals surface area contributed by atoms with E-state index in [-0.39, 0.29) is 11.2 Å². The van der Waals surface area contributed by atoms with E-state index in [1.807, 2.05) is 25.1 Å². The highest BCUT2D eigenvalue weighted by molar-refractivity contribution is 6.06. The van der Waals surface area contributed by atoms with Gasteiger partial charge in [-0.1, -0.05) is 26.0 Å². The SMILES string of the molecule is CCOc1ccc(C(=O)/C=C/c2ccc3c(c2)OCC(C)(C)CO3)cc1. The van der Waals surface area contributed by atoms with Crippen molar-refractivity contribution >= 4 is 11.9 Å². The van der Waals surface area contributed by atoms with Crippen molar-refractivity contribution in [1.82, 2.24) is 0 Å². The maximum atomic E-state index is 12.3. The first-order chi connectivity index (χ1) is 12.5. The highest BCUT2D eigenvalue weighted by Gasteiger charge is 2.25. The number of allylic oxidation sites excluding steroid dienone is 1. The zero-order valence-corrected chi connectivity index (χ0v) is 15.5. The summed E-state index contributed by atoms with van der Waals surface area (Å²) in [5.41, 5.74) is 1.49. The molecule has 0 atom stereocenters. The third kappa shape index (κ3) is 4.45. The standard InChI is InChI=1S/C22H24O4/c1-4-24-18-9-7-17(8-10-18)19(23)11-5-16-6-12-20-21(13-16)26-15-22(2,3)14-25-20/h5-13H,4,14-15H2,1-3H3/b11-5+. The molecule has 0 spiro atoms. The number of rotatable bonds is 5. The zero-order chi connectivity index (χ0) is 18.6. The van der Waals surface area contributed by atoms with E-state index in [0.29, 0.717) is 31.1 Å². The second-order valence-electron chi connectivity index (χ2n) is 7.10. The summed E-state index contributed by atoms with van der Waals surface area (Å²) in [5, 5.41) is 0. The van der Waals surface area contributed by atoms with Crippen LogP contribution in [0, 0.1) is 5.41 Å². The molecule has 0 unspecified atom stereocenters. The Labute approximate surface area is 154 Å². The Morgan fingerprint density at radius 2 is 1.77 bits per heavy atom. The number of benzene rings is 2. The van der Waals surface area contributed by atoms with Gasteiger partial charge in [0.25, 0.3) is 0 Å². The molecule has 26 heavy (non-hydrogen) atoms. The average molecular weight is 352 g/mol. The van der Waals surface area contributed by atoms with Crippen LogP contribution in [0.3, 0.4) is 0 Å². The molecular formula is C22H24O4. The smallest absolute Gasteiger partial charge is 0.185 e. The molecule has 2 aromatic carbocycles. The lowest BCUT2D eigenvalue weighted by molar-refractivity contribution is 0.104. The van der Waals surface area contributed by atoms with Gasteiger partial charge in [0.1, 0.15) is 5.75 Å². The molecule has 1 heterocycles. The van der Waals surface area contributed by atoms with Gasteiger partial charge in [0.05, 0.1) is 19.8 Å². The molecule has 0 bridgehead atoms. The van der Waals surface area contributed by atoms with E-state index in [0.717, 1.165) is 17.1 Å². The summed E-state index contributed by atoms with van der Waals surface area (Å²) in [6, 6.07) is 12.9. The fraction of sp³-hybridized carbons (Fsp3) is 0.318. The number of fused-ring (bicyclic) bond motifs is 1. The van der Waals surface area contributed by atoms with Crippen LogP contribution >= 0.6 is 0 Å². The van der Waals surface area contributed by atoms with Crippen molar-refractivity contribution in [3.63, 3.8) is 0 Å². The van der Waals surface area contributed by atoms with E-state index in [1.54, 1.807) is 36.4 Å². The molecule has 0 aliphatic carbocycles. The summed E-state index contributed by atoms with van der Waals surface area (Å²) in [6.45, 7) is 7.96. The number of hydrogen-bond acceptors (Lipinski definition) is 4. The zero-order valence-electron chi connectivity index (χ0n) is 15.5. The number of carbonyl (C=O) groups is 1. The van der Waals surface area contributed by atoms with Gasteiger partial charge in [0.2, 0.25) is 0 Å². The largest absolute Gasteiger partial charge is 0.494 e. The second kappa shape index (κ2) is 7.65. The molecule has 3 rings (SSSR count). The molecule has 136 valence electrons. The normalized spacial score (nSPS) is 15.5. The topological polar surface area (TPSA) is 44.8 Å². The van der Waals surface area contributed by atoms with Gasteiger partial charge < -0.3 is 14.2 Å². The highest BCUT2D eigenvalue weighted by Crippen LogP contribution is 2.34. The molecule has 0 amide bonds. The summed E-state index contributed by atoms with van der Waals surface area (Å²) in [5.74, 6) is 2.16. The number of carbonyl (C=O) groups excluding carboxylic acids is 1. The summed E-state index contributed by atoms with van der Waals surface area (Å²) >= 11 is 0. The Morgan fingerprint density at radius 1 is 1.08 bits per heavy atom. The van der Waals surface area contributed by atoms with Gasteiger partial charge in [0.15, 0.2) is 17.3 Å². The van der Waals surface area contributed by atoms with Gasteiger partial charge in [-0.3, -0.25) is 4.79 Å². The van der Waals surface area contributed by atoms with E-state index < -0.39 is 0 Å². The van der Waals surface area contributed by atoms with Crippen molar-refractivity contribution in [1.29, 1.82) is 0 Å². The van der Waals surface area contributed by atoms with Gasteiger partial charge in [-0.15, -0.1) is 0 Å². The molecule has 0 saturated carbocycles. The number of ketones is 1. The minimum Gasteiger partial charge on any atom is -0.494 e. The van der Waals surface area contributed by atoms with Gasteiger partial charge in [-0.05, 0) is 55.0 Å². The predicted octanol–water partition coefficient (Wildman–Crippen LogP) is 4.78. The van der Waals surface area contributed by atoms with Crippen LogP contribution in [0.4, 0.5) is 0 Å². The summed E-state index contributed by atoms with van der Waals surface area (Å²) in [4.78, 5) is 12.3. The fourth-order valence-electron chi connectivity index (χ4n) is 2.60. The van der Waals surface area contributed by atoms with Gasteiger partial charge in [-0.2, -0.15) is 0 Å². The average Bonchev–Trinajstić information content (AvgIpc) is 2.79. The quantitative estimate of drug-likeness (QED) is 0.574. The Morgan fingerprint density at radius 3 is 2.46 bits per heavy atom. The fourth-order valence-corrected chi connectivity index (χ4v) is 2.60. The maximum absolute atomic E-state index is 12.3. The molecule has 1 aliphatic heterocycles. The lowest BCUT2D eigenvalue weighted by Gasteiger charge is -2.19. The summed E-state index contributed by atoms with van der Waals surface area (Å²) < 4.78 is 17.1. The molecule has 0 radical (unpaired) electrons. The van der Waals surface area contributed by atoms with Gasteiger partial charge in [0, 0.05) is 11.0 Å².